The molecule has 19 heavy (non-hydrogen) atoms. The molecule has 2 fully saturated rings. The van der Waals surface area contributed by atoms with Crippen molar-refractivity contribution in [3.8, 4) is 0 Å². The molecule has 104 valence electrons. The summed E-state index contributed by atoms with van der Waals surface area (Å²) in [6.45, 7) is 0. The molecule has 1 aromatic rings. The molecule has 0 aliphatic heterocycles. The van der Waals surface area contributed by atoms with E-state index in [0.717, 1.165) is 34.2 Å². The molecule has 3 heteroatoms. The second kappa shape index (κ2) is 5.53. The van der Waals surface area contributed by atoms with Crippen molar-refractivity contribution in [1.82, 2.24) is 5.32 Å². The van der Waals surface area contributed by atoms with Gasteiger partial charge in [-0.15, -0.1) is 0 Å². The monoisotopic (exact) mass is 325 g/mol. The van der Waals surface area contributed by atoms with Crippen LogP contribution in [-0.2, 0) is 6.42 Å². The average Bonchev–Trinajstić information content (AvgIpc) is 3.14. The molecule has 0 saturated heterocycles. The van der Waals surface area contributed by atoms with Gasteiger partial charge in [0.25, 0.3) is 0 Å². The number of likely N-dealkylation sites (N-methyl/N-ethyl adjacent to an activating group) is 1. The minimum atomic E-state index is -0.138. The third-order valence-corrected chi connectivity index (χ3v) is 5.78. The summed E-state index contributed by atoms with van der Waals surface area (Å²) >= 11 is 3.54. The van der Waals surface area contributed by atoms with Crippen LogP contribution in [-0.4, -0.2) is 13.1 Å². The lowest BCUT2D eigenvalue weighted by Crippen LogP contribution is -2.31. The van der Waals surface area contributed by atoms with Crippen LogP contribution >= 0.6 is 15.9 Å². The first-order valence-electron chi connectivity index (χ1n) is 7.32. The van der Waals surface area contributed by atoms with E-state index in [4.69, 9.17) is 0 Å². The molecule has 0 heterocycles. The summed E-state index contributed by atoms with van der Waals surface area (Å²) in [6, 6.07) is 5.49. The van der Waals surface area contributed by atoms with Crippen LogP contribution in [0, 0.1) is 23.6 Å². The van der Waals surface area contributed by atoms with Gasteiger partial charge in [0.15, 0.2) is 0 Å². The van der Waals surface area contributed by atoms with Crippen LogP contribution in [0.25, 0.3) is 0 Å². The molecule has 2 saturated carbocycles. The van der Waals surface area contributed by atoms with Gasteiger partial charge in [0.05, 0.1) is 0 Å². The van der Waals surface area contributed by atoms with E-state index in [0.29, 0.717) is 6.04 Å². The summed E-state index contributed by atoms with van der Waals surface area (Å²) in [6.07, 6.45) is 6.53. The maximum Gasteiger partial charge on any atom is 0.123 e. The third kappa shape index (κ3) is 2.73. The van der Waals surface area contributed by atoms with Crippen molar-refractivity contribution >= 4 is 15.9 Å². The maximum absolute atomic E-state index is 13.4. The molecule has 0 radical (unpaired) electrons. The Morgan fingerprint density at radius 3 is 2.63 bits per heavy atom. The molecule has 2 aliphatic rings. The van der Waals surface area contributed by atoms with Crippen LogP contribution in [0.5, 0.6) is 0 Å². The van der Waals surface area contributed by atoms with E-state index in [1.54, 1.807) is 6.07 Å². The molecule has 2 aliphatic carbocycles. The molecule has 1 nitrogen and oxygen atoms in total. The highest BCUT2D eigenvalue weighted by molar-refractivity contribution is 9.10. The van der Waals surface area contributed by atoms with Crippen molar-refractivity contribution in [1.29, 1.82) is 0 Å². The number of nitrogens with one attached hydrogen (secondary N) is 1. The van der Waals surface area contributed by atoms with E-state index in [1.807, 2.05) is 13.1 Å². The lowest BCUT2D eigenvalue weighted by Gasteiger charge is -2.17. The van der Waals surface area contributed by atoms with Gasteiger partial charge in [-0.3, -0.25) is 0 Å². The Morgan fingerprint density at radius 1 is 1.32 bits per heavy atom. The van der Waals surface area contributed by atoms with Gasteiger partial charge in [0, 0.05) is 10.5 Å². The van der Waals surface area contributed by atoms with Gasteiger partial charge in [0.2, 0.25) is 0 Å². The van der Waals surface area contributed by atoms with Gasteiger partial charge in [-0.25, -0.2) is 4.39 Å². The Balaban J connectivity index is 1.72. The van der Waals surface area contributed by atoms with Crippen molar-refractivity contribution in [3.05, 3.63) is 34.1 Å². The number of rotatable bonds is 4. The summed E-state index contributed by atoms with van der Waals surface area (Å²) in [5.74, 6) is 2.53. The first kappa shape index (κ1) is 13.6. The van der Waals surface area contributed by atoms with Crippen LogP contribution in [0.1, 0.15) is 31.2 Å². The molecule has 0 amide bonds. The Hall–Kier alpha value is -0.410. The second-order valence-electron chi connectivity index (χ2n) is 6.02. The smallest absolute Gasteiger partial charge is 0.123 e. The zero-order chi connectivity index (χ0) is 13.4. The lowest BCUT2D eigenvalue weighted by molar-refractivity contribution is 0.458. The normalized spacial score (nSPS) is 30.8. The van der Waals surface area contributed by atoms with Gasteiger partial charge >= 0.3 is 0 Å². The van der Waals surface area contributed by atoms with Crippen molar-refractivity contribution < 1.29 is 4.39 Å². The van der Waals surface area contributed by atoms with E-state index in [9.17, 15) is 4.39 Å². The Labute approximate surface area is 123 Å². The van der Waals surface area contributed by atoms with Crippen molar-refractivity contribution in [2.75, 3.05) is 7.05 Å². The van der Waals surface area contributed by atoms with Gasteiger partial charge < -0.3 is 5.32 Å². The SMILES string of the molecule is CNC(Cc1cc(F)ccc1Br)C1C2CCCCC21. The van der Waals surface area contributed by atoms with E-state index < -0.39 is 0 Å². The van der Waals surface area contributed by atoms with Crippen molar-refractivity contribution in [2.45, 2.75) is 38.1 Å². The molecule has 3 rings (SSSR count). The molecule has 3 unspecified atom stereocenters. The van der Waals surface area contributed by atoms with Crippen molar-refractivity contribution in [3.63, 3.8) is 0 Å². The lowest BCUT2D eigenvalue weighted by atomic mass is 10.00. The fraction of sp³-hybridized carbons (Fsp3) is 0.625. The van der Waals surface area contributed by atoms with Gasteiger partial charge in [-0.2, -0.15) is 0 Å². The zero-order valence-corrected chi connectivity index (χ0v) is 12.9. The molecule has 0 aromatic heterocycles. The Kier molecular flexibility index (Phi) is 3.95. The van der Waals surface area contributed by atoms with E-state index in [-0.39, 0.29) is 5.82 Å². The number of halogens is 2. The summed E-state index contributed by atoms with van der Waals surface area (Å²) in [5, 5.41) is 3.47. The topological polar surface area (TPSA) is 12.0 Å². The van der Waals surface area contributed by atoms with Crippen LogP contribution in [0.15, 0.2) is 22.7 Å². The number of hydrogen-bond acceptors (Lipinski definition) is 1. The highest BCUT2D eigenvalue weighted by Crippen LogP contribution is 2.57. The largest absolute Gasteiger partial charge is 0.316 e. The number of benzene rings is 1. The van der Waals surface area contributed by atoms with E-state index in [2.05, 4.69) is 21.2 Å². The van der Waals surface area contributed by atoms with E-state index in [1.165, 1.54) is 31.7 Å². The van der Waals surface area contributed by atoms with Crippen molar-refractivity contribution in [2.24, 2.45) is 17.8 Å². The Bertz CT molecular complexity index is 450. The number of fused-ring (bicyclic) bond motifs is 1. The van der Waals surface area contributed by atoms with Gasteiger partial charge in [-0.1, -0.05) is 28.8 Å². The van der Waals surface area contributed by atoms with E-state index >= 15 is 0 Å². The Morgan fingerprint density at radius 2 is 2.00 bits per heavy atom. The molecule has 0 bridgehead atoms. The number of hydrogen-bond donors (Lipinski definition) is 1. The van der Waals surface area contributed by atoms with Crippen LogP contribution in [0.2, 0.25) is 0 Å². The third-order valence-electron chi connectivity index (χ3n) is 5.01. The first-order chi connectivity index (χ1) is 9.20. The van der Waals surface area contributed by atoms with Crippen LogP contribution in [0.3, 0.4) is 0 Å². The van der Waals surface area contributed by atoms with Gasteiger partial charge in [0.1, 0.15) is 5.82 Å². The summed E-state index contributed by atoms with van der Waals surface area (Å²) in [7, 11) is 2.04. The average molecular weight is 326 g/mol. The summed E-state index contributed by atoms with van der Waals surface area (Å²) < 4.78 is 14.4. The fourth-order valence-corrected chi connectivity index (χ4v) is 4.42. The minimum Gasteiger partial charge on any atom is -0.316 e. The molecule has 3 atom stereocenters. The molecule has 0 spiro atoms. The molecule has 1 aromatic carbocycles. The van der Waals surface area contributed by atoms with Gasteiger partial charge in [-0.05, 0) is 67.8 Å². The second-order valence-corrected chi connectivity index (χ2v) is 6.88. The predicted octanol–water partition coefficient (Wildman–Crippen LogP) is 4.15. The molecular weight excluding hydrogens is 305 g/mol. The molecule has 1 N–H and O–H groups in total. The maximum atomic E-state index is 13.4. The summed E-state index contributed by atoms with van der Waals surface area (Å²) in [5.41, 5.74) is 1.09. The highest BCUT2D eigenvalue weighted by atomic mass is 79.9. The standard InChI is InChI=1S/C16H21BrFN/c1-19-15(16-12-4-2-3-5-13(12)16)9-10-8-11(18)6-7-14(10)17/h6-8,12-13,15-16,19H,2-5,9H2,1H3. The fourth-order valence-electron chi connectivity index (χ4n) is 4.01. The highest BCUT2D eigenvalue weighted by Gasteiger charge is 2.53. The van der Waals surface area contributed by atoms with Crippen LogP contribution < -0.4 is 5.32 Å². The predicted molar refractivity (Wildman–Crippen MR) is 79.6 cm³/mol. The first-order valence-corrected chi connectivity index (χ1v) is 8.11. The zero-order valence-electron chi connectivity index (χ0n) is 11.3. The summed E-state index contributed by atoms with van der Waals surface area (Å²) in [4.78, 5) is 0. The minimum absolute atomic E-state index is 0.138. The quantitative estimate of drug-likeness (QED) is 0.876. The molecular formula is C16H21BrFN. The van der Waals surface area contributed by atoms with Crippen LogP contribution in [0.4, 0.5) is 4.39 Å².